The second kappa shape index (κ2) is 9.87. The van der Waals surface area contributed by atoms with Crippen molar-refractivity contribution in [3.63, 3.8) is 0 Å². The van der Waals surface area contributed by atoms with Crippen molar-refractivity contribution in [3.8, 4) is 5.75 Å². The molecule has 3 aromatic rings. The van der Waals surface area contributed by atoms with Crippen molar-refractivity contribution in [2.75, 3.05) is 33.3 Å². The zero-order valence-corrected chi connectivity index (χ0v) is 18.3. The number of amides is 2. The summed E-state index contributed by atoms with van der Waals surface area (Å²) in [6.45, 7) is 2.10. The number of piperidine rings is 1. The first-order valence-corrected chi connectivity index (χ1v) is 11.0. The van der Waals surface area contributed by atoms with Crippen LogP contribution in [0.2, 0.25) is 0 Å². The first-order valence-electron chi connectivity index (χ1n) is 11.0. The molecule has 1 aromatic heterocycles. The monoisotopic (exact) mass is 434 g/mol. The van der Waals surface area contributed by atoms with E-state index in [0.717, 1.165) is 47.2 Å². The number of nitrogens with two attached hydrogens (primary N) is 1. The number of nitrogens with one attached hydrogen (secondary N) is 2. The van der Waals surface area contributed by atoms with Gasteiger partial charge in [0.1, 0.15) is 5.75 Å². The van der Waals surface area contributed by atoms with Gasteiger partial charge in [0.25, 0.3) is 0 Å². The van der Waals surface area contributed by atoms with Crippen molar-refractivity contribution in [1.29, 1.82) is 0 Å². The van der Waals surface area contributed by atoms with E-state index in [4.69, 9.17) is 10.5 Å². The van der Waals surface area contributed by atoms with Crippen molar-refractivity contribution in [1.82, 2.24) is 15.2 Å². The SMILES string of the molecule is COc1ccc([C@H](CNC(=O)CN2CCC[C@@H](C(N)=O)C2)c2c[nH]c3ccccc23)cc1. The van der Waals surface area contributed by atoms with Gasteiger partial charge in [-0.3, -0.25) is 14.5 Å². The maximum atomic E-state index is 12.8. The molecular weight excluding hydrogens is 404 g/mol. The predicted molar refractivity (Wildman–Crippen MR) is 125 cm³/mol. The van der Waals surface area contributed by atoms with Gasteiger partial charge in [-0.15, -0.1) is 0 Å². The second-order valence-electron chi connectivity index (χ2n) is 8.40. The van der Waals surface area contributed by atoms with Gasteiger partial charge in [0.05, 0.1) is 19.6 Å². The minimum Gasteiger partial charge on any atom is -0.497 e. The Kier molecular flexibility index (Phi) is 6.75. The first kappa shape index (κ1) is 21.9. The topological polar surface area (TPSA) is 100 Å². The molecule has 4 N–H and O–H groups in total. The highest BCUT2D eigenvalue weighted by Gasteiger charge is 2.26. The summed E-state index contributed by atoms with van der Waals surface area (Å²) in [6, 6.07) is 16.1. The molecule has 32 heavy (non-hydrogen) atoms. The summed E-state index contributed by atoms with van der Waals surface area (Å²) in [5.74, 6) is 0.280. The van der Waals surface area contributed by atoms with Crippen LogP contribution >= 0.6 is 0 Å². The third-order valence-electron chi connectivity index (χ3n) is 6.29. The van der Waals surface area contributed by atoms with E-state index in [2.05, 4.69) is 16.4 Å². The molecule has 4 rings (SSSR count). The average Bonchev–Trinajstić information content (AvgIpc) is 3.24. The number of aromatic amines is 1. The van der Waals surface area contributed by atoms with Gasteiger partial charge in [-0.1, -0.05) is 30.3 Å². The normalized spacial score (nSPS) is 17.7. The van der Waals surface area contributed by atoms with Gasteiger partial charge in [-0.05, 0) is 48.7 Å². The Labute approximate surface area is 187 Å². The number of likely N-dealkylation sites (tertiary alicyclic amines) is 1. The minimum absolute atomic E-state index is 0.0132. The fourth-order valence-electron chi connectivity index (χ4n) is 4.53. The highest BCUT2D eigenvalue weighted by molar-refractivity contribution is 5.84. The Morgan fingerprint density at radius 2 is 2.00 bits per heavy atom. The molecule has 0 saturated carbocycles. The number of hydrogen-bond donors (Lipinski definition) is 3. The van der Waals surface area contributed by atoms with E-state index in [0.29, 0.717) is 13.1 Å². The first-order chi connectivity index (χ1) is 15.5. The van der Waals surface area contributed by atoms with Gasteiger partial charge >= 0.3 is 0 Å². The number of rotatable bonds is 8. The Morgan fingerprint density at radius 1 is 1.22 bits per heavy atom. The number of carbonyl (C=O) groups is 2. The van der Waals surface area contributed by atoms with E-state index in [1.165, 1.54) is 0 Å². The number of nitrogens with zero attached hydrogens (tertiary/aromatic N) is 1. The molecule has 1 aliphatic rings. The molecule has 168 valence electrons. The number of methoxy groups -OCH3 is 1. The predicted octanol–water partition coefficient (Wildman–Crippen LogP) is 2.62. The Morgan fingerprint density at radius 3 is 2.75 bits per heavy atom. The van der Waals surface area contributed by atoms with Crippen molar-refractivity contribution < 1.29 is 14.3 Å². The summed E-state index contributed by atoms with van der Waals surface area (Å²) in [7, 11) is 1.65. The van der Waals surface area contributed by atoms with Gasteiger partial charge in [0, 0.05) is 36.1 Å². The van der Waals surface area contributed by atoms with Gasteiger partial charge in [-0.25, -0.2) is 0 Å². The number of carbonyl (C=O) groups excluding carboxylic acids is 2. The average molecular weight is 435 g/mol. The summed E-state index contributed by atoms with van der Waals surface area (Å²) in [6.07, 6.45) is 3.70. The zero-order valence-electron chi connectivity index (χ0n) is 18.3. The summed E-state index contributed by atoms with van der Waals surface area (Å²) in [5.41, 5.74) is 8.77. The number of para-hydroxylation sites is 1. The molecular formula is C25H30N4O3. The number of hydrogen-bond acceptors (Lipinski definition) is 4. The van der Waals surface area contributed by atoms with Gasteiger partial charge < -0.3 is 20.8 Å². The van der Waals surface area contributed by atoms with Crippen LogP contribution in [0.15, 0.2) is 54.7 Å². The van der Waals surface area contributed by atoms with E-state index in [9.17, 15) is 9.59 Å². The lowest BCUT2D eigenvalue weighted by atomic mass is 9.90. The second-order valence-corrected chi connectivity index (χ2v) is 8.40. The van der Waals surface area contributed by atoms with Crippen LogP contribution in [0.3, 0.4) is 0 Å². The third-order valence-corrected chi connectivity index (χ3v) is 6.29. The molecule has 0 unspecified atom stereocenters. The fraction of sp³-hybridized carbons (Fsp3) is 0.360. The lowest BCUT2D eigenvalue weighted by molar-refractivity contribution is -0.126. The minimum atomic E-state index is -0.283. The lowest BCUT2D eigenvalue weighted by Gasteiger charge is -2.30. The van der Waals surface area contributed by atoms with Crippen LogP contribution in [-0.4, -0.2) is 55.0 Å². The fourth-order valence-corrected chi connectivity index (χ4v) is 4.53. The smallest absolute Gasteiger partial charge is 0.234 e. The van der Waals surface area contributed by atoms with Crippen LogP contribution in [-0.2, 0) is 9.59 Å². The van der Waals surface area contributed by atoms with E-state index in [1.54, 1.807) is 7.11 Å². The van der Waals surface area contributed by atoms with Crippen LogP contribution in [0.1, 0.15) is 29.9 Å². The largest absolute Gasteiger partial charge is 0.497 e. The quantitative estimate of drug-likeness (QED) is 0.507. The van der Waals surface area contributed by atoms with Crippen molar-refractivity contribution in [3.05, 3.63) is 65.9 Å². The Bertz CT molecular complexity index is 1080. The maximum absolute atomic E-state index is 12.8. The standard InChI is InChI=1S/C25H30N4O3/c1-32-19-10-8-17(9-11-19)21(22-14-27-23-7-3-2-6-20(22)23)13-28-24(30)16-29-12-4-5-18(15-29)25(26)31/h2-3,6-11,14,18,21,27H,4-5,12-13,15-16H2,1H3,(H2,26,31)(H,28,30)/t18-,21+/m1/s1. The van der Waals surface area contributed by atoms with Crippen LogP contribution in [0.25, 0.3) is 10.9 Å². The van der Waals surface area contributed by atoms with E-state index in [1.807, 2.05) is 53.6 Å². The van der Waals surface area contributed by atoms with Crippen molar-refractivity contribution >= 4 is 22.7 Å². The summed E-state index contributed by atoms with van der Waals surface area (Å²) in [5, 5.41) is 4.25. The number of fused-ring (bicyclic) bond motifs is 1. The number of primary amides is 1. The molecule has 1 fully saturated rings. The molecule has 2 heterocycles. The van der Waals surface area contributed by atoms with E-state index in [-0.39, 0.29) is 30.2 Å². The number of benzene rings is 2. The number of ether oxygens (including phenoxy) is 1. The molecule has 0 bridgehead atoms. The number of aromatic nitrogens is 1. The molecule has 0 radical (unpaired) electrons. The summed E-state index contributed by atoms with van der Waals surface area (Å²) >= 11 is 0. The third kappa shape index (κ3) is 4.94. The molecule has 1 aliphatic heterocycles. The van der Waals surface area contributed by atoms with Gasteiger partial charge in [0.15, 0.2) is 0 Å². The van der Waals surface area contributed by atoms with Gasteiger partial charge in [0.2, 0.25) is 11.8 Å². The van der Waals surface area contributed by atoms with Crippen molar-refractivity contribution in [2.45, 2.75) is 18.8 Å². The highest BCUT2D eigenvalue weighted by Crippen LogP contribution is 2.31. The zero-order chi connectivity index (χ0) is 22.5. The van der Waals surface area contributed by atoms with E-state index >= 15 is 0 Å². The lowest BCUT2D eigenvalue weighted by Crippen LogP contribution is -2.46. The van der Waals surface area contributed by atoms with Crippen LogP contribution < -0.4 is 15.8 Å². The van der Waals surface area contributed by atoms with Gasteiger partial charge in [-0.2, -0.15) is 0 Å². The molecule has 2 atom stereocenters. The van der Waals surface area contributed by atoms with Crippen LogP contribution in [0, 0.1) is 5.92 Å². The molecule has 0 spiro atoms. The molecule has 2 aromatic carbocycles. The molecule has 1 saturated heterocycles. The molecule has 7 nitrogen and oxygen atoms in total. The molecule has 2 amide bonds. The Balaban J connectivity index is 1.49. The highest BCUT2D eigenvalue weighted by atomic mass is 16.5. The van der Waals surface area contributed by atoms with Crippen LogP contribution in [0.5, 0.6) is 5.75 Å². The maximum Gasteiger partial charge on any atom is 0.234 e. The number of H-pyrrole nitrogens is 1. The van der Waals surface area contributed by atoms with E-state index < -0.39 is 0 Å². The molecule has 0 aliphatic carbocycles. The van der Waals surface area contributed by atoms with Crippen molar-refractivity contribution in [2.24, 2.45) is 11.7 Å². The Hall–Kier alpha value is -3.32. The molecule has 7 heteroatoms. The summed E-state index contributed by atoms with van der Waals surface area (Å²) < 4.78 is 5.30. The summed E-state index contributed by atoms with van der Waals surface area (Å²) in [4.78, 5) is 29.6. The van der Waals surface area contributed by atoms with Crippen LogP contribution in [0.4, 0.5) is 0 Å².